The molecule has 2 heterocycles. The van der Waals surface area contributed by atoms with Gasteiger partial charge in [-0.05, 0) is 12.1 Å². The molecule has 0 aliphatic heterocycles. The summed E-state index contributed by atoms with van der Waals surface area (Å²) in [5.41, 5.74) is 6.65. The summed E-state index contributed by atoms with van der Waals surface area (Å²) in [4.78, 5) is 23.9. The lowest BCUT2D eigenvalue weighted by molar-refractivity contribution is -0.192. The number of hydrogen-bond acceptors (Lipinski definition) is 6. The summed E-state index contributed by atoms with van der Waals surface area (Å²) in [6.45, 7) is 0. The van der Waals surface area contributed by atoms with Crippen LogP contribution in [-0.4, -0.2) is 48.3 Å². The first-order valence-corrected chi connectivity index (χ1v) is 5.69. The summed E-state index contributed by atoms with van der Waals surface area (Å²) in [6, 6.07) is 3.23. The molecule has 9 nitrogen and oxygen atoms in total. The third kappa shape index (κ3) is 4.66. The van der Waals surface area contributed by atoms with Crippen molar-refractivity contribution >= 4 is 17.6 Å². The average molecular weight is 333 g/mol. The van der Waals surface area contributed by atoms with Crippen LogP contribution in [0.25, 0.3) is 11.4 Å². The highest BCUT2D eigenvalue weighted by molar-refractivity contribution is 5.92. The van der Waals surface area contributed by atoms with Gasteiger partial charge in [0, 0.05) is 7.05 Å². The molecule has 0 radical (unpaired) electrons. The van der Waals surface area contributed by atoms with Crippen LogP contribution in [0.2, 0.25) is 0 Å². The highest BCUT2D eigenvalue weighted by Crippen LogP contribution is 2.19. The molecule has 0 aliphatic rings. The highest BCUT2D eigenvalue weighted by Gasteiger charge is 2.38. The second kappa shape index (κ2) is 6.72. The maximum absolute atomic E-state index is 11.0. The van der Waals surface area contributed by atoms with Crippen molar-refractivity contribution in [2.75, 3.05) is 5.73 Å². The second-order valence-corrected chi connectivity index (χ2v) is 4.00. The molecule has 0 amide bonds. The van der Waals surface area contributed by atoms with Gasteiger partial charge in [-0.3, -0.25) is 4.98 Å². The van der Waals surface area contributed by atoms with Gasteiger partial charge in [0.2, 0.25) is 0 Å². The fourth-order valence-electron chi connectivity index (χ4n) is 1.31. The monoisotopic (exact) mass is 333 g/mol. The number of anilines is 1. The Morgan fingerprint density at radius 2 is 1.83 bits per heavy atom. The molecule has 23 heavy (non-hydrogen) atoms. The molecule has 0 fully saturated rings. The molecule has 0 unspecified atom stereocenters. The van der Waals surface area contributed by atoms with Gasteiger partial charge in [0.25, 0.3) is 0 Å². The van der Waals surface area contributed by atoms with E-state index in [1.165, 1.54) is 17.9 Å². The molecule has 0 saturated heterocycles. The minimum Gasteiger partial charge on any atom is -0.476 e. The molecule has 0 saturated carbocycles. The van der Waals surface area contributed by atoms with Crippen LogP contribution in [0.4, 0.5) is 18.9 Å². The molecule has 2 rings (SSSR count). The summed E-state index contributed by atoms with van der Waals surface area (Å²) >= 11 is 0. The zero-order valence-corrected chi connectivity index (χ0v) is 11.4. The molecular formula is C11H10F3N5O4. The molecule has 12 heteroatoms. The molecule has 0 bridgehead atoms. The van der Waals surface area contributed by atoms with Gasteiger partial charge in [-0.1, -0.05) is 5.21 Å². The number of aryl methyl sites for hydroxylation is 1. The summed E-state index contributed by atoms with van der Waals surface area (Å²) in [5, 5.41) is 23.5. The van der Waals surface area contributed by atoms with E-state index in [4.69, 9.17) is 20.7 Å². The van der Waals surface area contributed by atoms with Gasteiger partial charge in [-0.2, -0.15) is 13.2 Å². The van der Waals surface area contributed by atoms with Crippen LogP contribution < -0.4 is 5.73 Å². The van der Waals surface area contributed by atoms with Gasteiger partial charge in [-0.25, -0.2) is 14.3 Å². The fraction of sp³-hybridized carbons (Fsp3) is 0.182. The van der Waals surface area contributed by atoms with E-state index < -0.39 is 18.1 Å². The Kier molecular flexibility index (Phi) is 5.22. The normalized spacial score (nSPS) is 10.6. The van der Waals surface area contributed by atoms with Gasteiger partial charge in [0.05, 0.1) is 17.6 Å². The van der Waals surface area contributed by atoms with Crippen molar-refractivity contribution in [3.63, 3.8) is 0 Å². The number of nitrogen functional groups attached to an aromatic ring is 1. The van der Waals surface area contributed by atoms with Crippen LogP contribution in [0.1, 0.15) is 10.5 Å². The van der Waals surface area contributed by atoms with E-state index in [-0.39, 0.29) is 11.4 Å². The summed E-state index contributed by atoms with van der Waals surface area (Å²) in [6.07, 6.45) is -3.64. The Bertz CT molecular complexity index is 711. The van der Waals surface area contributed by atoms with Crippen LogP contribution in [0, 0.1) is 0 Å². The lowest BCUT2D eigenvalue weighted by atomic mass is 10.2. The summed E-state index contributed by atoms with van der Waals surface area (Å²) in [5.74, 6) is -3.85. The minimum absolute atomic E-state index is 0.00253. The molecule has 2 aromatic rings. The largest absolute Gasteiger partial charge is 0.490 e. The van der Waals surface area contributed by atoms with E-state index in [0.717, 1.165) is 0 Å². The Morgan fingerprint density at radius 1 is 1.26 bits per heavy atom. The number of aromatic nitrogens is 4. The van der Waals surface area contributed by atoms with Gasteiger partial charge >= 0.3 is 18.1 Å². The number of rotatable bonds is 2. The van der Waals surface area contributed by atoms with Crippen molar-refractivity contribution in [2.45, 2.75) is 6.18 Å². The number of carboxylic acid groups (broad SMARTS) is 2. The maximum atomic E-state index is 11.0. The second-order valence-electron chi connectivity index (χ2n) is 4.00. The van der Waals surface area contributed by atoms with Gasteiger partial charge < -0.3 is 15.9 Å². The Hall–Kier alpha value is -3.18. The zero-order chi connectivity index (χ0) is 17.8. The molecule has 4 N–H and O–H groups in total. The Labute approximate surface area is 126 Å². The molecule has 0 atom stereocenters. The fourth-order valence-corrected chi connectivity index (χ4v) is 1.31. The first-order valence-electron chi connectivity index (χ1n) is 5.69. The van der Waals surface area contributed by atoms with E-state index in [1.807, 2.05) is 0 Å². The van der Waals surface area contributed by atoms with Crippen LogP contribution in [-0.2, 0) is 11.8 Å². The number of aliphatic carboxylic acids is 1. The van der Waals surface area contributed by atoms with Gasteiger partial charge in [0.1, 0.15) is 5.69 Å². The molecular weight excluding hydrogens is 323 g/mol. The summed E-state index contributed by atoms with van der Waals surface area (Å²) < 4.78 is 32.9. The highest BCUT2D eigenvalue weighted by atomic mass is 19.4. The van der Waals surface area contributed by atoms with Crippen LogP contribution in [0.5, 0.6) is 0 Å². The number of halogens is 3. The SMILES string of the molecule is Cn1nnc(-c2ccc(N)cn2)c1C(=O)O.O=C(O)C(F)(F)F. The van der Waals surface area contributed by atoms with E-state index in [9.17, 15) is 18.0 Å². The number of carboxylic acids is 2. The van der Waals surface area contributed by atoms with Crippen LogP contribution in [0.3, 0.4) is 0 Å². The Balaban J connectivity index is 0.000000322. The van der Waals surface area contributed by atoms with E-state index in [0.29, 0.717) is 11.4 Å². The number of hydrogen-bond donors (Lipinski definition) is 3. The summed E-state index contributed by atoms with van der Waals surface area (Å²) in [7, 11) is 1.51. The van der Waals surface area contributed by atoms with Crippen molar-refractivity contribution in [2.24, 2.45) is 7.05 Å². The van der Waals surface area contributed by atoms with Crippen LogP contribution >= 0.6 is 0 Å². The minimum atomic E-state index is -5.08. The molecule has 2 aromatic heterocycles. The van der Waals surface area contributed by atoms with Gasteiger partial charge in [-0.15, -0.1) is 5.10 Å². The number of nitrogens with zero attached hydrogens (tertiary/aromatic N) is 4. The molecule has 0 aliphatic carbocycles. The predicted octanol–water partition coefficient (Wildman–Crippen LogP) is 0.791. The number of pyridine rings is 1. The maximum Gasteiger partial charge on any atom is 0.490 e. The number of nitrogens with two attached hydrogens (primary N) is 1. The third-order valence-electron chi connectivity index (χ3n) is 2.30. The van der Waals surface area contributed by atoms with Crippen molar-refractivity contribution in [1.82, 2.24) is 20.0 Å². The third-order valence-corrected chi connectivity index (χ3v) is 2.30. The van der Waals surface area contributed by atoms with Crippen molar-refractivity contribution in [3.8, 4) is 11.4 Å². The lowest BCUT2D eigenvalue weighted by Crippen LogP contribution is -2.21. The average Bonchev–Trinajstić information content (AvgIpc) is 2.81. The smallest absolute Gasteiger partial charge is 0.476 e. The van der Waals surface area contributed by atoms with Crippen molar-refractivity contribution in [3.05, 3.63) is 24.0 Å². The van der Waals surface area contributed by atoms with Crippen molar-refractivity contribution in [1.29, 1.82) is 0 Å². The topological polar surface area (TPSA) is 144 Å². The zero-order valence-electron chi connectivity index (χ0n) is 11.4. The standard InChI is InChI=1S/C9H9N5O2.C2HF3O2/c1-14-8(9(15)16)7(12-13-14)6-3-2-5(10)4-11-6;3-2(4,5)1(6)7/h2-4H,10H2,1H3,(H,15,16);(H,6,7). The quantitative estimate of drug-likeness (QED) is 0.731. The molecule has 0 spiro atoms. The molecule has 124 valence electrons. The van der Waals surface area contributed by atoms with Crippen LogP contribution in [0.15, 0.2) is 18.3 Å². The lowest BCUT2D eigenvalue weighted by Gasteiger charge is -1.99. The number of carbonyl (C=O) groups is 2. The van der Waals surface area contributed by atoms with E-state index in [2.05, 4.69) is 15.3 Å². The number of aromatic carboxylic acids is 1. The first kappa shape index (κ1) is 17.9. The molecule has 0 aromatic carbocycles. The Morgan fingerprint density at radius 3 is 2.22 bits per heavy atom. The number of alkyl halides is 3. The van der Waals surface area contributed by atoms with Gasteiger partial charge in [0.15, 0.2) is 5.69 Å². The van der Waals surface area contributed by atoms with E-state index in [1.54, 1.807) is 12.1 Å². The van der Waals surface area contributed by atoms with E-state index >= 15 is 0 Å². The van der Waals surface area contributed by atoms with Crippen molar-refractivity contribution < 1.29 is 33.0 Å². The predicted molar refractivity (Wildman–Crippen MR) is 69.3 cm³/mol. The first-order chi connectivity index (χ1) is 10.5.